The molecule has 0 aliphatic rings. The maximum absolute atomic E-state index is 12.2. The van der Waals surface area contributed by atoms with Crippen molar-refractivity contribution in [2.24, 2.45) is 5.92 Å². The molecule has 0 saturated heterocycles. The largest absolute Gasteiger partial charge is 0.452 e. The Kier molecular flexibility index (Phi) is 8.20. The Morgan fingerprint density at radius 2 is 1.85 bits per heavy atom. The molecule has 11 heteroatoms. The second kappa shape index (κ2) is 9.67. The van der Waals surface area contributed by atoms with E-state index in [1.165, 1.54) is 26.2 Å². The van der Waals surface area contributed by atoms with Crippen LogP contribution in [0.15, 0.2) is 23.1 Å². The fourth-order valence-corrected chi connectivity index (χ4v) is 3.14. The van der Waals surface area contributed by atoms with Crippen LogP contribution in [0.1, 0.15) is 24.2 Å². The summed E-state index contributed by atoms with van der Waals surface area (Å²) in [4.78, 5) is 34.9. The molecule has 3 amide bonds. The number of ether oxygens (including phenoxy) is 1. The lowest BCUT2D eigenvalue weighted by Crippen LogP contribution is -2.42. The number of hydrogen-bond acceptors (Lipinski definition) is 6. The van der Waals surface area contributed by atoms with E-state index in [4.69, 9.17) is 16.3 Å². The molecular formula is C16H22ClN3O6S. The zero-order valence-electron chi connectivity index (χ0n) is 15.4. The number of nitrogens with zero attached hydrogens (tertiary/aromatic N) is 1. The molecule has 0 saturated carbocycles. The van der Waals surface area contributed by atoms with Crippen LogP contribution in [0, 0.1) is 5.92 Å². The van der Waals surface area contributed by atoms with Gasteiger partial charge in [-0.15, -0.1) is 0 Å². The minimum absolute atomic E-state index is 0.0557. The predicted octanol–water partition coefficient (Wildman–Crippen LogP) is 1.23. The normalized spacial score (nSPS) is 11.4. The third kappa shape index (κ3) is 6.81. The van der Waals surface area contributed by atoms with Gasteiger partial charge in [-0.1, -0.05) is 25.4 Å². The summed E-state index contributed by atoms with van der Waals surface area (Å²) in [6, 6.07) is 2.88. The number of hydrogen-bond donors (Lipinski definition) is 2. The summed E-state index contributed by atoms with van der Waals surface area (Å²) in [5.41, 5.74) is -0.100. The molecule has 150 valence electrons. The second-order valence-corrected chi connectivity index (χ2v) is 8.69. The molecule has 0 bridgehead atoms. The van der Waals surface area contributed by atoms with Crippen molar-refractivity contribution in [3.8, 4) is 0 Å². The second-order valence-electron chi connectivity index (χ2n) is 6.16. The first-order valence-electron chi connectivity index (χ1n) is 7.92. The van der Waals surface area contributed by atoms with Crippen molar-refractivity contribution in [2.75, 3.05) is 27.2 Å². The van der Waals surface area contributed by atoms with Crippen LogP contribution in [0.3, 0.4) is 0 Å². The minimum Gasteiger partial charge on any atom is -0.452 e. The number of rotatable bonds is 7. The van der Waals surface area contributed by atoms with Gasteiger partial charge in [0.05, 0.1) is 10.6 Å². The standard InChI is InChI=1S/C16H22ClN3O6S/c1-10(2)8-18-16(23)19-14(21)9-26-15(22)11-5-6-12(17)13(7-11)27(24,25)20(3)4/h5-7,10H,8-9H2,1-4H3,(H2,18,19,21,23). The van der Waals surface area contributed by atoms with Gasteiger partial charge in [-0.25, -0.2) is 22.3 Å². The number of carbonyl (C=O) groups excluding carboxylic acids is 3. The Bertz CT molecular complexity index is 823. The molecule has 0 aromatic heterocycles. The van der Waals surface area contributed by atoms with E-state index in [9.17, 15) is 22.8 Å². The fourth-order valence-electron chi connectivity index (χ4n) is 1.74. The topological polar surface area (TPSA) is 122 Å². The smallest absolute Gasteiger partial charge is 0.338 e. The van der Waals surface area contributed by atoms with Gasteiger partial charge in [0.1, 0.15) is 4.90 Å². The first kappa shape index (κ1) is 22.9. The van der Waals surface area contributed by atoms with Crippen LogP contribution >= 0.6 is 11.6 Å². The van der Waals surface area contributed by atoms with Crippen molar-refractivity contribution in [1.82, 2.24) is 14.9 Å². The molecule has 1 aromatic carbocycles. The highest BCUT2D eigenvalue weighted by molar-refractivity contribution is 7.89. The highest BCUT2D eigenvalue weighted by Gasteiger charge is 2.23. The van der Waals surface area contributed by atoms with E-state index in [0.29, 0.717) is 6.54 Å². The molecule has 0 atom stereocenters. The molecule has 27 heavy (non-hydrogen) atoms. The van der Waals surface area contributed by atoms with E-state index in [2.05, 4.69) is 5.32 Å². The van der Waals surface area contributed by atoms with Gasteiger partial charge in [0.25, 0.3) is 5.91 Å². The number of amides is 3. The Morgan fingerprint density at radius 1 is 1.22 bits per heavy atom. The SMILES string of the molecule is CC(C)CNC(=O)NC(=O)COC(=O)c1ccc(Cl)c(S(=O)(=O)N(C)C)c1. The summed E-state index contributed by atoms with van der Waals surface area (Å²) < 4.78 is 30.2. The summed E-state index contributed by atoms with van der Waals surface area (Å²) in [6.45, 7) is 3.46. The Labute approximate surface area is 163 Å². The molecule has 0 spiro atoms. The average molecular weight is 420 g/mol. The maximum Gasteiger partial charge on any atom is 0.338 e. The molecule has 2 N–H and O–H groups in total. The van der Waals surface area contributed by atoms with E-state index >= 15 is 0 Å². The summed E-state index contributed by atoms with van der Waals surface area (Å²) in [7, 11) is -1.21. The summed E-state index contributed by atoms with van der Waals surface area (Å²) in [5, 5.41) is 4.43. The number of urea groups is 1. The van der Waals surface area contributed by atoms with Crippen molar-refractivity contribution < 1.29 is 27.5 Å². The number of carbonyl (C=O) groups is 3. The van der Waals surface area contributed by atoms with E-state index in [0.717, 1.165) is 10.4 Å². The van der Waals surface area contributed by atoms with Crippen molar-refractivity contribution in [3.63, 3.8) is 0 Å². The van der Waals surface area contributed by atoms with Crippen LogP contribution < -0.4 is 10.6 Å². The molecule has 1 aromatic rings. The van der Waals surface area contributed by atoms with Gasteiger partial charge in [0, 0.05) is 20.6 Å². The van der Waals surface area contributed by atoms with Crippen LogP contribution in [0.25, 0.3) is 0 Å². The number of nitrogens with one attached hydrogen (secondary N) is 2. The van der Waals surface area contributed by atoms with Crippen LogP contribution in [-0.2, 0) is 19.6 Å². The van der Waals surface area contributed by atoms with Crippen molar-refractivity contribution in [3.05, 3.63) is 28.8 Å². The van der Waals surface area contributed by atoms with E-state index in [1.54, 1.807) is 0 Å². The minimum atomic E-state index is -3.86. The molecule has 0 fully saturated rings. The lowest BCUT2D eigenvalue weighted by Gasteiger charge is -2.13. The van der Waals surface area contributed by atoms with Crippen LogP contribution in [0.5, 0.6) is 0 Å². The zero-order chi connectivity index (χ0) is 20.8. The zero-order valence-corrected chi connectivity index (χ0v) is 17.0. The van der Waals surface area contributed by atoms with E-state index in [1.807, 2.05) is 19.2 Å². The van der Waals surface area contributed by atoms with Crippen LogP contribution in [0.2, 0.25) is 5.02 Å². The van der Waals surface area contributed by atoms with Gasteiger partial charge in [0.2, 0.25) is 10.0 Å². The first-order valence-corrected chi connectivity index (χ1v) is 9.73. The van der Waals surface area contributed by atoms with Crippen LogP contribution in [0.4, 0.5) is 4.79 Å². The predicted molar refractivity (Wildman–Crippen MR) is 99.0 cm³/mol. The van der Waals surface area contributed by atoms with Crippen LogP contribution in [-0.4, -0.2) is 57.9 Å². The molecule has 0 aliphatic heterocycles. The summed E-state index contributed by atoms with van der Waals surface area (Å²) >= 11 is 5.90. The Morgan fingerprint density at radius 3 is 2.41 bits per heavy atom. The fraction of sp³-hybridized carbons (Fsp3) is 0.438. The van der Waals surface area contributed by atoms with Gasteiger partial charge >= 0.3 is 12.0 Å². The third-order valence-corrected chi connectivity index (χ3v) is 5.48. The highest BCUT2D eigenvalue weighted by atomic mass is 35.5. The number of benzene rings is 1. The highest BCUT2D eigenvalue weighted by Crippen LogP contribution is 2.25. The van der Waals surface area contributed by atoms with Crippen molar-refractivity contribution >= 4 is 39.5 Å². The van der Waals surface area contributed by atoms with E-state index < -0.39 is 34.5 Å². The molecule has 0 radical (unpaired) electrons. The number of halogens is 1. The quantitative estimate of drug-likeness (QED) is 0.641. The number of sulfonamides is 1. The first-order chi connectivity index (χ1) is 12.4. The molecule has 0 unspecified atom stereocenters. The van der Waals surface area contributed by atoms with Gasteiger partial charge in [0.15, 0.2) is 6.61 Å². The third-order valence-electron chi connectivity index (χ3n) is 3.18. The number of imide groups is 1. The van der Waals surface area contributed by atoms with Gasteiger partial charge in [-0.2, -0.15) is 0 Å². The average Bonchev–Trinajstić information content (AvgIpc) is 2.57. The molecule has 0 aliphatic carbocycles. The van der Waals surface area contributed by atoms with Gasteiger partial charge in [-0.05, 0) is 24.1 Å². The lowest BCUT2D eigenvalue weighted by molar-refractivity contribution is -0.123. The molecule has 0 heterocycles. The van der Waals surface area contributed by atoms with E-state index in [-0.39, 0.29) is 21.4 Å². The van der Waals surface area contributed by atoms with Crippen molar-refractivity contribution in [1.29, 1.82) is 0 Å². The maximum atomic E-state index is 12.2. The summed E-state index contributed by atoms with van der Waals surface area (Å²) in [6.07, 6.45) is 0. The van der Waals surface area contributed by atoms with Gasteiger partial charge < -0.3 is 10.1 Å². The lowest BCUT2D eigenvalue weighted by atomic mass is 10.2. The molecule has 1 rings (SSSR count). The molecule has 9 nitrogen and oxygen atoms in total. The Balaban J connectivity index is 2.73. The monoisotopic (exact) mass is 419 g/mol. The summed E-state index contributed by atoms with van der Waals surface area (Å²) in [5.74, 6) is -1.54. The number of esters is 1. The van der Waals surface area contributed by atoms with Crippen molar-refractivity contribution in [2.45, 2.75) is 18.7 Å². The molecular weight excluding hydrogens is 398 g/mol. The Hall–Kier alpha value is -2.17. The van der Waals surface area contributed by atoms with Gasteiger partial charge in [-0.3, -0.25) is 10.1 Å².